The van der Waals surface area contributed by atoms with Crippen LogP contribution < -0.4 is 5.73 Å². The lowest BCUT2D eigenvalue weighted by molar-refractivity contribution is 0.960. The monoisotopic (exact) mass is 213 g/mol. The van der Waals surface area contributed by atoms with Crippen molar-refractivity contribution < 1.29 is 0 Å². The molecular weight excluding hydrogens is 202 g/mol. The number of nitrogen functional groups attached to an aromatic ring is 1. The first-order valence-corrected chi connectivity index (χ1v) is 4.98. The van der Waals surface area contributed by atoms with Crippen LogP contribution >= 0.6 is 0 Å². The molecule has 2 aromatic heterocycles. The fourth-order valence-corrected chi connectivity index (χ4v) is 1.86. The third kappa shape index (κ3) is 1.11. The molecule has 0 unspecified atom stereocenters. The number of nitrogens with two attached hydrogens (primary N) is 1. The van der Waals surface area contributed by atoms with E-state index < -0.39 is 0 Å². The Hall–Kier alpha value is -2.30. The van der Waals surface area contributed by atoms with Crippen LogP contribution in [0.25, 0.3) is 22.4 Å². The lowest BCUT2D eigenvalue weighted by atomic mass is 10.3. The molecule has 0 amide bonds. The maximum Gasteiger partial charge on any atom is 0.146 e. The van der Waals surface area contributed by atoms with Gasteiger partial charge in [0.1, 0.15) is 11.6 Å². The van der Waals surface area contributed by atoms with Crippen LogP contribution in [0.5, 0.6) is 0 Å². The number of rotatable bonds is 1. The largest absolute Gasteiger partial charge is 0.383 e. The molecule has 3 N–H and O–H groups in total. The fourth-order valence-electron chi connectivity index (χ4n) is 1.86. The first-order valence-electron chi connectivity index (χ1n) is 4.98. The van der Waals surface area contributed by atoms with E-state index in [0.29, 0.717) is 5.82 Å². The zero-order valence-electron chi connectivity index (χ0n) is 8.81. The van der Waals surface area contributed by atoms with Gasteiger partial charge in [0.15, 0.2) is 0 Å². The maximum absolute atomic E-state index is 5.79. The average molecular weight is 213 g/mol. The summed E-state index contributed by atoms with van der Waals surface area (Å²) in [4.78, 5) is 4.54. The highest BCUT2D eigenvalue weighted by Crippen LogP contribution is 2.25. The van der Waals surface area contributed by atoms with E-state index in [9.17, 15) is 0 Å². The van der Waals surface area contributed by atoms with Crippen LogP contribution in [-0.2, 0) is 7.05 Å². The summed E-state index contributed by atoms with van der Waals surface area (Å²) < 4.78 is 2.01. The molecule has 0 spiro atoms. The van der Waals surface area contributed by atoms with Gasteiger partial charge in [-0.15, -0.1) is 0 Å². The summed E-state index contributed by atoms with van der Waals surface area (Å²) in [7, 11) is 1.97. The third-order valence-corrected chi connectivity index (χ3v) is 2.70. The lowest BCUT2D eigenvalue weighted by Crippen LogP contribution is -1.94. The summed E-state index contributed by atoms with van der Waals surface area (Å²) in [6.45, 7) is 0. The number of imidazole rings is 1. The Morgan fingerprint density at radius 1 is 1.31 bits per heavy atom. The number of aromatic amines is 1. The Balaban J connectivity index is 2.33. The van der Waals surface area contributed by atoms with E-state index in [1.54, 1.807) is 6.20 Å². The van der Waals surface area contributed by atoms with E-state index in [2.05, 4.69) is 15.2 Å². The number of hydrogen-bond acceptors (Lipinski definition) is 3. The van der Waals surface area contributed by atoms with E-state index in [4.69, 9.17) is 5.73 Å². The van der Waals surface area contributed by atoms with E-state index in [1.165, 1.54) is 0 Å². The number of nitrogens with one attached hydrogen (secondary N) is 1. The first kappa shape index (κ1) is 8.96. The number of H-pyrrole nitrogens is 1. The Morgan fingerprint density at radius 2 is 2.12 bits per heavy atom. The van der Waals surface area contributed by atoms with Gasteiger partial charge >= 0.3 is 0 Å². The Kier molecular flexibility index (Phi) is 1.73. The van der Waals surface area contributed by atoms with Crippen LogP contribution in [0, 0.1) is 0 Å². The van der Waals surface area contributed by atoms with E-state index in [0.717, 1.165) is 22.4 Å². The van der Waals surface area contributed by atoms with Gasteiger partial charge in [-0.25, -0.2) is 4.98 Å². The summed E-state index contributed by atoms with van der Waals surface area (Å²) >= 11 is 0. The second kappa shape index (κ2) is 3.10. The van der Waals surface area contributed by atoms with Gasteiger partial charge in [0.2, 0.25) is 0 Å². The minimum atomic E-state index is 0.540. The van der Waals surface area contributed by atoms with Crippen molar-refractivity contribution >= 4 is 16.9 Å². The van der Waals surface area contributed by atoms with Crippen molar-refractivity contribution in [1.82, 2.24) is 19.7 Å². The average Bonchev–Trinajstić information content (AvgIpc) is 2.84. The van der Waals surface area contributed by atoms with Crippen LogP contribution in [0.15, 0.2) is 30.5 Å². The zero-order valence-corrected chi connectivity index (χ0v) is 8.81. The maximum atomic E-state index is 5.79. The van der Waals surface area contributed by atoms with Crippen molar-refractivity contribution in [2.45, 2.75) is 0 Å². The van der Waals surface area contributed by atoms with Crippen molar-refractivity contribution in [3.8, 4) is 11.4 Å². The molecule has 80 valence electrons. The van der Waals surface area contributed by atoms with Crippen molar-refractivity contribution in [2.24, 2.45) is 7.05 Å². The van der Waals surface area contributed by atoms with E-state index in [1.807, 2.05) is 35.9 Å². The van der Waals surface area contributed by atoms with Crippen LogP contribution in [0.2, 0.25) is 0 Å². The van der Waals surface area contributed by atoms with Crippen molar-refractivity contribution in [1.29, 1.82) is 0 Å². The molecule has 0 radical (unpaired) electrons. The predicted octanol–water partition coefficient (Wildman–Crippen LogP) is 1.55. The predicted molar refractivity (Wildman–Crippen MR) is 62.7 cm³/mol. The number of benzene rings is 1. The minimum absolute atomic E-state index is 0.540. The summed E-state index contributed by atoms with van der Waals surface area (Å²) in [5.74, 6) is 1.37. The molecule has 1 aromatic carbocycles. The summed E-state index contributed by atoms with van der Waals surface area (Å²) in [6, 6.07) is 7.97. The Labute approximate surface area is 91.9 Å². The Bertz CT molecular complexity index is 649. The lowest BCUT2D eigenvalue weighted by Gasteiger charge is -1.99. The second-order valence-electron chi connectivity index (χ2n) is 3.68. The Morgan fingerprint density at radius 3 is 2.81 bits per heavy atom. The van der Waals surface area contributed by atoms with Crippen LogP contribution in [0.1, 0.15) is 0 Å². The minimum Gasteiger partial charge on any atom is -0.383 e. The highest BCUT2D eigenvalue weighted by molar-refractivity contribution is 5.82. The molecule has 3 aromatic rings. The van der Waals surface area contributed by atoms with Gasteiger partial charge in [-0.3, -0.25) is 5.10 Å². The number of fused-ring (bicyclic) bond motifs is 1. The molecule has 16 heavy (non-hydrogen) atoms. The van der Waals surface area contributed by atoms with Gasteiger partial charge in [-0.1, -0.05) is 12.1 Å². The van der Waals surface area contributed by atoms with Crippen molar-refractivity contribution in [2.75, 3.05) is 5.73 Å². The van der Waals surface area contributed by atoms with Gasteiger partial charge in [0.05, 0.1) is 22.8 Å². The van der Waals surface area contributed by atoms with Gasteiger partial charge < -0.3 is 10.3 Å². The molecule has 0 aliphatic rings. The number of nitrogens with zero attached hydrogens (tertiary/aromatic N) is 3. The van der Waals surface area contributed by atoms with Gasteiger partial charge in [0.25, 0.3) is 0 Å². The van der Waals surface area contributed by atoms with Crippen LogP contribution in [0.4, 0.5) is 5.82 Å². The number of anilines is 1. The fraction of sp³-hybridized carbons (Fsp3) is 0.0909. The molecule has 2 heterocycles. The van der Waals surface area contributed by atoms with Crippen molar-refractivity contribution in [3.63, 3.8) is 0 Å². The standard InChI is InChI=1S/C11H11N5/c1-16-9-5-3-2-4-8(9)14-11(16)7-6-13-15-10(7)12/h2-6H,1H3,(H3,12,13,15). The molecule has 5 heteroatoms. The molecule has 0 saturated heterocycles. The number of hydrogen-bond donors (Lipinski definition) is 2. The molecule has 0 aliphatic carbocycles. The summed E-state index contributed by atoms with van der Waals surface area (Å²) in [6.07, 6.45) is 1.69. The quantitative estimate of drug-likeness (QED) is 0.644. The molecular formula is C11H11N5. The molecule has 0 fully saturated rings. The second-order valence-corrected chi connectivity index (χ2v) is 3.68. The smallest absolute Gasteiger partial charge is 0.146 e. The highest BCUT2D eigenvalue weighted by Gasteiger charge is 2.12. The molecule has 0 bridgehead atoms. The molecule has 0 saturated carbocycles. The topological polar surface area (TPSA) is 72.5 Å². The molecule has 3 rings (SSSR count). The summed E-state index contributed by atoms with van der Waals surface area (Å²) in [5.41, 5.74) is 8.66. The van der Waals surface area contributed by atoms with Gasteiger partial charge in [-0.05, 0) is 12.1 Å². The zero-order chi connectivity index (χ0) is 11.1. The normalized spacial score (nSPS) is 11.1. The molecule has 0 atom stereocenters. The number of para-hydroxylation sites is 2. The highest BCUT2D eigenvalue weighted by atomic mass is 15.2. The third-order valence-electron chi connectivity index (χ3n) is 2.70. The molecule has 0 aliphatic heterocycles. The van der Waals surface area contributed by atoms with E-state index >= 15 is 0 Å². The summed E-state index contributed by atoms with van der Waals surface area (Å²) in [5, 5.41) is 6.62. The SMILES string of the molecule is Cn1c(-c2cn[nH]c2N)nc2ccccc21. The van der Waals surface area contributed by atoms with Crippen molar-refractivity contribution in [3.05, 3.63) is 30.5 Å². The first-order chi connectivity index (χ1) is 7.77. The van der Waals surface area contributed by atoms with Gasteiger partial charge in [0, 0.05) is 7.05 Å². The number of aryl methyl sites for hydroxylation is 1. The molecule has 5 nitrogen and oxygen atoms in total. The van der Waals surface area contributed by atoms with Crippen LogP contribution in [0.3, 0.4) is 0 Å². The van der Waals surface area contributed by atoms with E-state index in [-0.39, 0.29) is 0 Å². The number of aromatic nitrogens is 4. The van der Waals surface area contributed by atoms with Crippen LogP contribution in [-0.4, -0.2) is 19.7 Å². The van der Waals surface area contributed by atoms with Gasteiger partial charge in [-0.2, -0.15) is 5.10 Å².